The van der Waals surface area contributed by atoms with Gasteiger partial charge in [0.1, 0.15) is 0 Å². The Morgan fingerprint density at radius 1 is 0.727 bits per heavy atom. The van der Waals surface area contributed by atoms with Gasteiger partial charge in [-0.05, 0) is 0 Å². The van der Waals surface area contributed by atoms with Crippen molar-refractivity contribution in [2.75, 3.05) is 0 Å². The minimum absolute atomic E-state index is 0. The molecule has 0 amide bonds. The van der Waals surface area contributed by atoms with Crippen LogP contribution in [0.1, 0.15) is 12.8 Å². The van der Waals surface area contributed by atoms with Gasteiger partial charge in [0, 0.05) is 24.8 Å². The fraction of sp³-hybridized carbons (Fsp3) is 0.500. The van der Waals surface area contributed by atoms with Crippen LogP contribution in [0.15, 0.2) is 0 Å². The molecule has 22 heavy (non-hydrogen) atoms. The van der Waals surface area contributed by atoms with E-state index in [1.165, 1.54) is 0 Å². The van der Waals surface area contributed by atoms with Gasteiger partial charge < -0.3 is 44.8 Å². The summed E-state index contributed by atoms with van der Waals surface area (Å²) in [6, 6.07) is -4.59. The summed E-state index contributed by atoms with van der Waals surface area (Å²) in [5.74, 6) is -8.06. The van der Waals surface area contributed by atoms with E-state index in [9.17, 15) is 44.8 Å². The van der Waals surface area contributed by atoms with Crippen molar-refractivity contribution in [2.24, 2.45) is 0 Å². The summed E-state index contributed by atoms with van der Waals surface area (Å²) < 4.78 is 0. The molecule has 0 aromatic rings. The van der Waals surface area contributed by atoms with Crippen molar-refractivity contribution in [3.8, 4) is 0 Å². The normalized spacial score (nSPS) is 11.4. The molecule has 0 aromatic carbocycles. The Morgan fingerprint density at radius 3 is 1.09 bits per heavy atom. The second-order valence-electron chi connectivity index (χ2n) is 3.20. The third-order valence-electron chi connectivity index (χ3n) is 1.90. The first-order chi connectivity index (χ1) is 8.16. The number of hydroxylamine groups is 2. The van der Waals surface area contributed by atoms with Gasteiger partial charge >= 0.3 is 118 Å². The number of nitrogens with zero attached hydrogens (tertiary/aromatic N) is 1. The molecular formula is C8H7NNa4O9. The second kappa shape index (κ2) is 17.6. The largest absolute Gasteiger partial charge is 1.00 e. The molecule has 0 fully saturated rings. The van der Waals surface area contributed by atoms with Crippen LogP contribution >= 0.6 is 0 Å². The summed E-state index contributed by atoms with van der Waals surface area (Å²) in [6.07, 6.45) is -2.59. The summed E-state index contributed by atoms with van der Waals surface area (Å²) in [4.78, 5) is 41.4. The number of hydrogen-bond acceptors (Lipinski definition) is 10. The third-order valence-corrected chi connectivity index (χ3v) is 1.90. The average Bonchev–Trinajstić information content (AvgIpc) is 2.20. The number of carbonyl (C=O) groups excluding carboxylic acids is 4. The maximum absolute atomic E-state index is 10.5. The average molecular weight is 353 g/mol. The summed E-state index contributed by atoms with van der Waals surface area (Å²) in [6.45, 7) is 0. The van der Waals surface area contributed by atoms with Crippen molar-refractivity contribution < 1.29 is 163 Å². The Morgan fingerprint density at radius 2 is 0.955 bits per heavy atom. The third kappa shape index (κ3) is 14.2. The van der Waals surface area contributed by atoms with E-state index in [1.54, 1.807) is 0 Å². The monoisotopic (exact) mass is 353 g/mol. The molecule has 0 aliphatic heterocycles. The van der Waals surface area contributed by atoms with Gasteiger partial charge in [-0.1, -0.05) is 0 Å². The number of hydrogen-bond donors (Lipinski definition) is 1. The summed E-state index contributed by atoms with van der Waals surface area (Å²) >= 11 is 0. The van der Waals surface area contributed by atoms with E-state index in [0.29, 0.717) is 0 Å². The predicted molar refractivity (Wildman–Crippen MR) is 40.5 cm³/mol. The van der Waals surface area contributed by atoms with E-state index >= 15 is 0 Å². The van der Waals surface area contributed by atoms with Crippen LogP contribution in [0.25, 0.3) is 0 Å². The molecule has 0 saturated carbocycles. The molecule has 102 valence electrons. The van der Waals surface area contributed by atoms with Crippen LogP contribution in [0, 0.1) is 0 Å². The number of carbonyl (C=O) groups is 4. The minimum atomic E-state index is -2.29. The fourth-order valence-corrected chi connectivity index (χ4v) is 1.10. The fourth-order valence-electron chi connectivity index (χ4n) is 1.10. The van der Waals surface area contributed by atoms with Crippen molar-refractivity contribution >= 4 is 23.9 Å². The number of carboxylic acid groups (broad SMARTS) is 4. The van der Waals surface area contributed by atoms with Crippen LogP contribution in [-0.2, 0) is 19.2 Å². The van der Waals surface area contributed by atoms with Crippen molar-refractivity contribution in [1.29, 1.82) is 0 Å². The molecule has 10 nitrogen and oxygen atoms in total. The number of rotatable bonds is 8. The maximum Gasteiger partial charge on any atom is 1.00 e. The van der Waals surface area contributed by atoms with Crippen molar-refractivity contribution in [2.45, 2.75) is 24.9 Å². The van der Waals surface area contributed by atoms with Gasteiger partial charge in [-0.2, -0.15) is 5.06 Å². The molecule has 14 heteroatoms. The van der Waals surface area contributed by atoms with Crippen LogP contribution in [0.5, 0.6) is 0 Å². The van der Waals surface area contributed by atoms with Gasteiger partial charge in [0.2, 0.25) is 0 Å². The second-order valence-corrected chi connectivity index (χ2v) is 3.20. The Hall–Kier alpha value is 1.80. The SMILES string of the molecule is O=C([O-])CC(C(=O)[O-])N(O)[C@@H](CC(=O)[O-])C(=O)[O-].[Na+].[Na+].[Na+].[Na+]. The molecule has 0 spiro atoms. The molecule has 0 radical (unpaired) electrons. The molecule has 1 unspecified atom stereocenters. The summed E-state index contributed by atoms with van der Waals surface area (Å²) in [7, 11) is 0. The van der Waals surface area contributed by atoms with Gasteiger partial charge in [-0.3, -0.25) is 0 Å². The Balaban J connectivity index is -0.000000241. The molecule has 0 saturated heterocycles. The molecule has 1 N–H and O–H groups in total. The molecule has 0 bridgehead atoms. The molecule has 0 aromatic heterocycles. The zero-order chi connectivity index (χ0) is 14.5. The molecule has 0 rings (SSSR count). The van der Waals surface area contributed by atoms with Crippen molar-refractivity contribution in [3.05, 3.63) is 0 Å². The van der Waals surface area contributed by atoms with Crippen LogP contribution in [0.2, 0.25) is 0 Å². The molecule has 0 aliphatic rings. The predicted octanol–water partition coefficient (Wildman–Crippen LogP) is -18.8. The van der Waals surface area contributed by atoms with Crippen molar-refractivity contribution in [1.82, 2.24) is 5.06 Å². The van der Waals surface area contributed by atoms with Gasteiger partial charge in [-0.15, -0.1) is 0 Å². The van der Waals surface area contributed by atoms with Crippen LogP contribution in [0.3, 0.4) is 0 Å². The Kier molecular flexibility index (Phi) is 28.0. The first-order valence-electron chi connectivity index (χ1n) is 4.45. The van der Waals surface area contributed by atoms with Gasteiger partial charge in [0.25, 0.3) is 0 Å². The van der Waals surface area contributed by atoms with E-state index in [0.717, 1.165) is 0 Å². The topological polar surface area (TPSA) is 184 Å². The summed E-state index contributed by atoms with van der Waals surface area (Å²) in [5, 5.41) is 50.1. The van der Waals surface area contributed by atoms with E-state index in [4.69, 9.17) is 0 Å². The van der Waals surface area contributed by atoms with Gasteiger partial charge in [-0.25, -0.2) is 0 Å². The first kappa shape index (κ1) is 35.0. The zero-order valence-corrected chi connectivity index (χ0v) is 20.7. The van der Waals surface area contributed by atoms with Gasteiger partial charge in [0.05, 0.1) is 24.0 Å². The maximum atomic E-state index is 10.5. The van der Waals surface area contributed by atoms with E-state index in [1.807, 2.05) is 0 Å². The smallest absolute Gasteiger partial charge is 0.550 e. The Bertz CT molecular complexity index is 347. The van der Waals surface area contributed by atoms with Crippen LogP contribution < -0.4 is 139 Å². The van der Waals surface area contributed by atoms with E-state index in [2.05, 4.69) is 0 Å². The zero-order valence-electron chi connectivity index (χ0n) is 12.7. The van der Waals surface area contributed by atoms with E-state index < -0.39 is 53.9 Å². The molecule has 0 heterocycles. The van der Waals surface area contributed by atoms with Gasteiger partial charge in [0.15, 0.2) is 0 Å². The molecule has 2 atom stereocenters. The molecular weight excluding hydrogens is 346 g/mol. The number of carboxylic acids is 4. The quantitative estimate of drug-likeness (QED) is 0.324. The van der Waals surface area contributed by atoms with Crippen LogP contribution in [0.4, 0.5) is 0 Å². The van der Waals surface area contributed by atoms with Crippen molar-refractivity contribution in [3.63, 3.8) is 0 Å². The first-order valence-corrected chi connectivity index (χ1v) is 4.45. The standard InChI is InChI=1S/C8H11NO9.4Na/c10-5(11)1-3(7(14)15)9(18)4(8(16)17)2-6(12)13;;;;/h3-4,18H,1-2H2,(H,10,11)(H,12,13)(H,14,15)(H,16,17);;;;/q;4*+1/p-4/t3-,4?;;;;/m0..../s1. The minimum Gasteiger partial charge on any atom is -0.550 e. The Labute approximate surface area is 213 Å². The molecule has 0 aliphatic carbocycles. The number of aliphatic carboxylic acids is 4. The summed E-state index contributed by atoms with van der Waals surface area (Å²) in [5.41, 5.74) is 0. The van der Waals surface area contributed by atoms with E-state index in [-0.39, 0.29) is 118 Å². The van der Waals surface area contributed by atoms with Crippen LogP contribution in [-0.4, -0.2) is 46.2 Å².